The number of thiophene rings is 1. The average molecular weight is 842 g/mol. The smallest absolute Gasteiger partial charge is 0.165 e. The molecule has 0 N–H and O–H groups in total. The number of aromatic nitrogens is 3. The van der Waals surface area contributed by atoms with Crippen LogP contribution < -0.4 is 0 Å². The fourth-order valence-electron chi connectivity index (χ4n) is 10.4. The third kappa shape index (κ3) is 5.64. The van der Waals surface area contributed by atoms with Crippen molar-refractivity contribution in [3.63, 3.8) is 0 Å². The van der Waals surface area contributed by atoms with Crippen molar-refractivity contribution in [1.29, 1.82) is 0 Å². The summed E-state index contributed by atoms with van der Waals surface area (Å²) in [5.74, 6) is 1.96. The second kappa shape index (κ2) is 14.1. The number of benzene rings is 11. The summed E-state index contributed by atoms with van der Waals surface area (Å²) in [6, 6.07) is 77.2. The van der Waals surface area contributed by atoms with Gasteiger partial charge in [0.2, 0.25) is 0 Å². The van der Waals surface area contributed by atoms with Crippen LogP contribution in [-0.2, 0) is 0 Å². The van der Waals surface area contributed by atoms with E-state index in [4.69, 9.17) is 15.0 Å². The molecule has 0 spiro atoms. The molecule has 0 radical (unpaired) electrons. The molecule has 14 aromatic rings. The van der Waals surface area contributed by atoms with Crippen LogP contribution in [-0.4, -0.2) is 15.0 Å². The summed E-state index contributed by atoms with van der Waals surface area (Å²) in [4.78, 5) is 15.5. The van der Waals surface area contributed by atoms with E-state index in [1.165, 1.54) is 90.4 Å². The van der Waals surface area contributed by atoms with Gasteiger partial charge in [-0.25, -0.2) is 15.0 Å². The Kier molecular flexibility index (Phi) is 7.85. The summed E-state index contributed by atoms with van der Waals surface area (Å²) in [5.41, 5.74) is 7.47. The standard InChI is InChI=1S/C61H35N3S/c1-2-12-39(13-3-1)59-62-60(64-61(63-59)51-26-11-25-50-46-21-4-5-27-53(46)65-58(50)51)44-20-7-18-41(33-44)40-17-6-19-42(32-40)45-34-43-31-30-38-15-9-23-48-47-22-8-14-36-28-29-37-16-10-24-49(56(37)54(36)47)52(35-45)57(43)55(38)48/h1-35H. The third-order valence-corrected chi connectivity index (χ3v) is 14.6. The number of fused-ring (bicyclic) bond motifs is 5. The van der Waals surface area contributed by atoms with E-state index in [2.05, 4.69) is 194 Å². The highest BCUT2D eigenvalue weighted by molar-refractivity contribution is 7.26. The predicted molar refractivity (Wildman–Crippen MR) is 276 cm³/mol. The van der Waals surface area contributed by atoms with Gasteiger partial charge in [-0.05, 0) is 123 Å². The first-order chi connectivity index (χ1) is 32.2. The molecule has 12 aromatic carbocycles. The molecule has 0 aliphatic rings. The maximum atomic E-state index is 5.24. The first-order valence-corrected chi connectivity index (χ1v) is 22.9. The van der Waals surface area contributed by atoms with Gasteiger partial charge >= 0.3 is 0 Å². The summed E-state index contributed by atoms with van der Waals surface area (Å²) in [6.07, 6.45) is 0. The molecule has 0 atom stereocenters. The molecule has 4 heteroatoms. The van der Waals surface area contributed by atoms with Crippen molar-refractivity contribution in [1.82, 2.24) is 15.0 Å². The van der Waals surface area contributed by atoms with E-state index in [9.17, 15) is 0 Å². The van der Waals surface area contributed by atoms with Crippen LogP contribution in [0.5, 0.6) is 0 Å². The molecule has 0 unspecified atom stereocenters. The van der Waals surface area contributed by atoms with Crippen molar-refractivity contribution in [2.45, 2.75) is 0 Å². The van der Waals surface area contributed by atoms with Gasteiger partial charge in [-0.2, -0.15) is 0 Å². The van der Waals surface area contributed by atoms with Gasteiger partial charge in [0, 0.05) is 36.9 Å². The molecule has 2 aromatic heterocycles. The quantitative estimate of drug-likeness (QED) is 0.162. The summed E-state index contributed by atoms with van der Waals surface area (Å²) in [5, 5.41) is 17.8. The largest absolute Gasteiger partial charge is 0.208 e. The lowest BCUT2D eigenvalue weighted by Crippen LogP contribution is -2.00. The Labute approximate surface area is 377 Å². The lowest BCUT2D eigenvalue weighted by Gasteiger charge is -2.17. The summed E-state index contributed by atoms with van der Waals surface area (Å²) in [7, 11) is 0. The highest BCUT2D eigenvalue weighted by Crippen LogP contribution is 2.45. The van der Waals surface area contributed by atoms with Crippen LogP contribution in [0.4, 0.5) is 0 Å². The van der Waals surface area contributed by atoms with Gasteiger partial charge in [0.15, 0.2) is 17.5 Å². The maximum absolute atomic E-state index is 5.24. The average Bonchev–Trinajstić information content (AvgIpc) is 3.76. The normalized spacial score (nSPS) is 12.0. The minimum absolute atomic E-state index is 0.642. The van der Waals surface area contributed by atoms with Gasteiger partial charge in [-0.1, -0.05) is 176 Å². The molecule has 65 heavy (non-hydrogen) atoms. The van der Waals surface area contributed by atoms with Crippen LogP contribution in [0.3, 0.4) is 0 Å². The molecule has 0 saturated carbocycles. The molecular formula is C61H35N3S. The van der Waals surface area contributed by atoms with Crippen molar-refractivity contribution in [2.24, 2.45) is 0 Å². The summed E-state index contributed by atoms with van der Waals surface area (Å²) >= 11 is 1.79. The SMILES string of the molecule is c1ccc(-c2nc(-c3cccc(-c4cccc(-c5cc6ccc7cccc8c9cccc%10ccc%11cccc(c(c5)c6c78)c%11c%109)c4)c3)nc(-c3cccc4c3sc3ccccc34)n2)cc1. The molecular weight excluding hydrogens is 807 g/mol. The fourth-order valence-corrected chi connectivity index (χ4v) is 11.6. The Morgan fingerprint density at radius 3 is 1.42 bits per heavy atom. The van der Waals surface area contributed by atoms with E-state index >= 15 is 0 Å². The van der Waals surface area contributed by atoms with Gasteiger partial charge in [0.05, 0.1) is 0 Å². The Morgan fingerprint density at radius 1 is 0.262 bits per heavy atom. The van der Waals surface area contributed by atoms with Crippen molar-refractivity contribution in [3.05, 3.63) is 212 Å². The first-order valence-electron chi connectivity index (χ1n) is 22.1. The minimum Gasteiger partial charge on any atom is -0.208 e. The van der Waals surface area contributed by atoms with Crippen molar-refractivity contribution < 1.29 is 0 Å². The van der Waals surface area contributed by atoms with E-state index in [0.29, 0.717) is 17.5 Å². The third-order valence-electron chi connectivity index (χ3n) is 13.4. The Balaban J connectivity index is 0.940. The number of rotatable bonds is 5. The molecule has 0 saturated heterocycles. The van der Waals surface area contributed by atoms with Crippen LogP contribution in [0.2, 0.25) is 0 Å². The molecule has 3 nitrogen and oxygen atoms in total. The van der Waals surface area contributed by atoms with Crippen LogP contribution in [0.1, 0.15) is 0 Å². The Morgan fingerprint density at radius 2 is 0.723 bits per heavy atom. The van der Waals surface area contributed by atoms with Gasteiger partial charge < -0.3 is 0 Å². The second-order valence-electron chi connectivity index (χ2n) is 17.1. The number of nitrogens with zero attached hydrogens (tertiary/aromatic N) is 3. The molecule has 300 valence electrons. The zero-order valence-electron chi connectivity index (χ0n) is 35.0. The Hall–Kier alpha value is -8.31. The molecule has 0 fully saturated rings. The molecule has 0 aliphatic carbocycles. The topological polar surface area (TPSA) is 38.7 Å². The van der Waals surface area contributed by atoms with E-state index in [-0.39, 0.29) is 0 Å². The molecule has 0 aliphatic heterocycles. The maximum Gasteiger partial charge on any atom is 0.165 e. The van der Waals surface area contributed by atoms with E-state index in [1.807, 2.05) is 18.2 Å². The van der Waals surface area contributed by atoms with Crippen LogP contribution in [0, 0.1) is 0 Å². The Bertz CT molecular complexity index is 4240. The van der Waals surface area contributed by atoms with Gasteiger partial charge in [-0.3, -0.25) is 0 Å². The number of hydrogen-bond donors (Lipinski definition) is 0. The monoisotopic (exact) mass is 841 g/mol. The van der Waals surface area contributed by atoms with E-state index in [1.54, 1.807) is 11.3 Å². The first kappa shape index (κ1) is 36.2. The van der Waals surface area contributed by atoms with Crippen LogP contribution in [0.15, 0.2) is 212 Å². The van der Waals surface area contributed by atoms with E-state index in [0.717, 1.165) is 33.4 Å². The van der Waals surface area contributed by atoms with Crippen molar-refractivity contribution in [2.75, 3.05) is 0 Å². The highest BCUT2D eigenvalue weighted by Gasteiger charge is 2.19. The minimum atomic E-state index is 0.642. The van der Waals surface area contributed by atoms with Gasteiger partial charge in [-0.15, -0.1) is 11.3 Å². The molecule has 0 bridgehead atoms. The highest BCUT2D eigenvalue weighted by atomic mass is 32.1. The van der Waals surface area contributed by atoms with Crippen LogP contribution in [0.25, 0.3) is 141 Å². The fraction of sp³-hybridized carbons (Fsp3) is 0. The summed E-state index contributed by atoms with van der Waals surface area (Å²) in [6.45, 7) is 0. The van der Waals surface area contributed by atoms with Crippen molar-refractivity contribution >= 4 is 96.1 Å². The summed E-state index contributed by atoms with van der Waals surface area (Å²) < 4.78 is 2.43. The predicted octanol–water partition coefficient (Wildman–Crippen LogP) is 16.9. The van der Waals surface area contributed by atoms with Gasteiger partial charge in [0.1, 0.15) is 0 Å². The molecule has 14 rings (SSSR count). The van der Waals surface area contributed by atoms with E-state index < -0.39 is 0 Å². The second-order valence-corrected chi connectivity index (χ2v) is 18.1. The number of hydrogen-bond acceptors (Lipinski definition) is 4. The lowest BCUT2D eigenvalue weighted by molar-refractivity contribution is 1.08. The van der Waals surface area contributed by atoms with Crippen molar-refractivity contribution in [3.8, 4) is 56.4 Å². The lowest BCUT2D eigenvalue weighted by atomic mass is 9.86. The van der Waals surface area contributed by atoms with Crippen LogP contribution >= 0.6 is 11.3 Å². The zero-order valence-corrected chi connectivity index (χ0v) is 35.8. The zero-order chi connectivity index (χ0) is 42.6. The van der Waals surface area contributed by atoms with Gasteiger partial charge in [0.25, 0.3) is 0 Å². The molecule has 2 heterocycles. The molecule has 0 amide bonds.